The van der Waals surface area contributed by atoms with E-state index in [4.69, 9.17) is 4.74 Å². The van der Waals surface area contributed by atoms with E-state index in [0.29, 0.717) is 0 Å². The number of methoxy groups -OCH3 is 1. The fourth-order valence-corrected chi connectivity index (χ4v) is 3.44. The Balaban J connectivity index is 1.54. The van der Waals surface area contributed by atoms with Crippen LogP contribution in [0.2, 0.25) is 0 Å². The number of benzene rings is 2. The molecule has 3 rings (SSSR count). The molecular formula is C21H28N2O. The van der Waals surface area contributed by atoms with Crippen LogP contribution >= 0.6 is 0 Å². The van der Waals surface area contributed by atoms with E-state index in [0.717, 1.165) is 45.0 Å². The van der Waals surface area contributed by atoms with Gasteiger partial charge in [-0.2, -0.15) is 0 Å². The molecule has 0 spiro atoms. The maximum absolute atomic E-state index is 5.47. The highest BCUT2D eigenvalue weighted by Gasteiger charge is 2.18. The Morgan fingerprint density at radius 2 is 1.46 bits per heavy atom. The van der Waals surface area contributed by atoms with Crippen molar-refractivity contribution in [1.82, 2.24) is 9.80 Å². The predicted molar refractivity (Wildman–Crippen MR) is 99.5 cm³/mol. The summed E-state index contributed by atoms with van der Waals surface area (Å²) >= 11 is 0. The Kier molecular flexibility index (Phi) is 5.54. The number of nitrogens with zero attached hydrogens (tertiary/aromatic N) is 2. The summed E-state index contributed by atoms with van der Waals surface area (Å²) in [7, 11) is 1.75. The molecule has 0 aromatic heterocycles. The smallest absolute Gasteiger partial charge is 0.123 e. The first-order valence-corrected chi connectivity index (χ1v) is 8.78. The van der Waals surface area contributed by atoms with Gasteiger partial charge in [0.1, 0.15) is 5.75 Å². The van der Waals surface area contributed by atoms with E-state index in [1.165, 1.54) is 22.3 Å². The Hall–Kier alpha value is -1.84. The first-order valence-electron chi connectivity index (χ1n) is 8.78. The normalized spacial score (nSPS) is 16.3. The van der Waals surface area contributed by atoms with Crippen molar-refractivity contribution in [1.29, 1.82) is 0 Å². The zero-order valence-electron chi connectivity index (χ0n) is 15.1. The zero-order valence-corrected chi connectivity index (χ0v) is 15.1. The molecule has 1 fully saturated rings. The second kappa shape index (κ2) is 7.82. The van der Waals surface area contributed by atoms with Crippen molar-refractivity contribution in [3.63, 3.8) is 0 Å². The molecule has 0 radical (unpaired) electrons. The van der Waals surface area contributed by atoms with E-state index >= 15 is 0 Å². The van der Waals surface area contributed by atoms with Crippen molar-refractivity contribution >= 4 is 0 Å². The van der Waals surface area contributed by atoms with E-state index in [1.807, 2.05) is 12.1 Å². The quantitative estimate of drug-likeness (QED) is 0.835. The molecule has 1 heterocycles. The van der Waals surface area contributed by atoms with Gasteiger partial charge in [0.05, 0.1) is 7.11 Å². The van der Waals surface area contributed by atoms with Gasteiger partial charge in [0, 0.05) is 44.8 Å². The molecular weight excluding hydrogens is 296 g/mol. The lowest BCUT2D eigenvalue weighted by Gasteiger charge is -2.35. The molecule has 0 N–H and O–H groups in total. The highest BCUT2D eigenvalue weighted by atomic mass is 16.5. The predicted octanol–water partition coefficient (Wildman–Crippen LogP) is 3.63. The fourth-order valence-electron chi connectivity index (χ4n) is 3.44. The van der Waals surface area contributed by atoms with Gasteiger partial charge in [0.15, 0.2) is 0 Å². The van der Waals surface area contributed by atoms with Crippen molar-refractivity contribution in [2.45, 2.75) is 26.9 Å². The standard InChI is InChI=1S/C21H28N2O/c1-17-8-9-19(18(2)14-17)15-22-10-12-23(13-11-22)16-20-6-4-5-7-21(20)24-3/h4-9,14H,10-13,15-16H2,1-3H3. The van der Waals surface area contributed by atoms with Crippen LogP contribution in [0.4, 0.5) is 0 Å². The molecule has 1 aliphatic heterocycles. The molecule has 0 aliphatic carbocycles. The lowest BCUT2D eigenvalue weighted by Crippen LogP contribution is -2.45. The number of piperazine rings is 1. The first kappa shape index (κ1) is 17.0. The van der Waals surface area contributed by atoms with E-state index in [2.05, 4.69) is 54.0 Å². The molecule has 128 valence electrons. The molecule has 0 unspecified atom stereocenters. The third-order valence-corrected chi connectivity index (χ3v) is 4.94. The maximum Gasteiger partial charge on any atom is 0.123 e. The second-order valence-corrected chi connectivity index (χ2v) is 6.79. The third kappa shape index (κ3) is 4.16. The van der Waals surface area contributed by atoms with Gasteiger partial charge in [-0.3, -0.25) is 9.80 Å². The molecule has 1 saturated heterocycles. The van der Waals surface area contributed by atoms with Crippen LogP contribution in [0.1, 0.15) is 22.3 Å². The number of hydrogen-bond acceptors (Lipinski definition) is 3. The van der Waals surface area contributed by atoms with E-state index in [-0.39, 0.29) is 0 Å². The van der Waals surface area contributed by atoms with Gasteiger partial charge in [0.2, 0.25) is 0 Å². The Morgan fingerprint density at radius 3 is 2.08 bits per heavy atom. The topological polar surface area (TPSA) is 15.7 Å². The Morgan fingerprint density at radius 1 is 0.833 bits per heavy atom. The van der Waals surface area contributed by atoms with Crippen molar-refractivity contribution in [3.05, 3.63) is 64.7 Å². The maximum atomic E-state index is 5.47. The molecule has 0 amide bonds. The third-order valence-electron chi connectivity index (χ3n) is 4.94. The largest absolute Gasteiger partial charge is 0.496 e. The lowest BCUT2D eigenvalue weighted by molar-refractivity contribution is 0.121. The van der Waals surface area contributed by atoms with Gasteiger partial charge in [0.25, 0.3) is 0 Å². The highest BCUT2D eigenvalue weighted by molar-refractivity contribution is 5.33. The monoisotopic (exact) mass is 324 g/mol. The summed E-state index contributed by atoms with van der Waals surface area (Å²) in [4.78, 5) is 5.09. The van der Waals surface area contributed by atoms with Crippen LogP contribution in [0.15, 0.2) is 42.5 Å². The Bertz CT molecular complexity index is 675. The number of hydrogen-bond donors (Lipinski definition) is 0. The summed E-state index contributed by atoms with van der Waals surface area (Å²) in [6.45, 7) is 10.9. The van der Waals surface area contributed by atoms with Gasteiger partial charge in [-0.1, -0.05) is 42.0 Å². The van der Waals surface area contributed by atoms with Crippen LogP contribution < -0.4 is 4.74 Å². The van der Waals surface area contributed by atoms with Gasteiger partial charge < -0.3 is 4.74 Å². The van der Waals surface area contributed by atoms with E-state index < -0.39 is 0 Å². The number of aryl methyl sites for hydroxylation is 2. The van der Waals surface area contributed by atoms with Gasteiger partial charge in [-0.25, -0.2) is 0 Å². The number of para-hydroxylation sites is 1. The van der Waals surface area contributed by atoms with Crippen LogP contribution in [-0.4, -0.2) is 43.1 Å². The molecule has 0 atom stereocenters. The summed E-state index contributed by atoms with van der Waals surface area (Å²) in [6, 6.07) is 15.1. The molecule has 3 nitrogen and oxygen atoms in total. The van der Waals surface area contributed by atoms with Crippen LogP contribution in [0, 0.1) is 13.8 Å². The van der Waals surface area contributed by atoms with E-state index in [9.17, 15) is 0 Å². The highest BCUT2D eigenvalue weighted by Crippen LogP contribution is 2.20. The molecule has 0 bridgehead atoms. The van der Waals surface area contributed by atoms with Crippen LogP contribution in [0.5, 0.6) is 5.75 Å². The van der Waals surface area contributed by atoms with E-state index in [1.54, 1.807) is 7.11 Å². The summed E-state index contributed by atoms with van der Waals surface area (Å²) < 4.78 is 5.47. The van der Waals surface area contributed by atoms with Gasteiger partial charge >= 0.3 is 0 Å². The molecule has 2 aromatic rings. The van der Waals surface area contributed by atoms with Crippen LogP contribution in [-0.2, 0) is 13.1 Å². The SMILES string of the molecule is COc1ccccc1CN1CCN(Cc2ccc(C)cc2C)CC1. The minimum atomic E-state index is 0.974. The van der Waals surface area contributed by atoms with Crippen LogP contribution in [0.25, 0.3) is 0 Å². The minimum Gasteiger partial charge on any atom is -0.496 e. The summed E-state index contributed by atoms with van der Waals surface area (Å²) in [6.07, 6.45) is 0. The number of rotatable bonds is 5. The van der Waals surface area contributed by atoms with Gasteiger partial charge in [-0.15, -0.1) is 0 Å². The molecule has 3 heteroatoms. The Labute approximate surface area is 145 Å². The van der Waals surface area contributed by atoms with Crippen molar-refractivity contribution in [2.75, 3.05) is 33.3 Å². The minimum absolute atomic E-state index is 0.974. The van der Waals surface area contributed by atoms with Crippen molar-refractivity contribution < 1.29 is 4.74 Å². The summed E-state index contributed by atoms with van der Waals surface area (Å²) in [5.74, 6) is 0.996. The lowest BCUT2D eigenvalue weighted by atomic mass is 10.0. The molecule has 1 aliphatic rings. The summed E-state index contributed by atoms with van der Waals surface area (Å²) in [5.41, 5.74) is 5.49. The second-order valence-electron chi connectivity index (χ2n) is 6.79. The molecule has 24 heavy (non-hydrogen) atoms. The van der Waals surface area contributed by atoms with Gasteiger partial charge in [-0.05, 0) is 31.0 Å². The average Bonchev–Trinajstić information content (AvgIpc) is 2.59. The average molecular weight is 324 g/mol. The first-order chi connectivity index (χ1) is 11.7. The number of ether oxygens (including phenoxy) is 1. The van der Waals surface area contributed by atoms with Crippen LogP contribution in [0.3, 0.4) is 0 Å². The fraction of sp³-hybridized carbons (Fsp3) is 0.429. The molecule has 2 aromatic carbocycles. The van der Waals surface area contributed by atoms with Crippen molar-refractivity contribution in [2.24, 2.45) is 0 Å². The summed E-state index contributed by atoms with van der Waals surface area (Å²) in [5, 5.41) is 0. The zero-order chi connectivity index (χ0) is 16.9. The molecule has 0 saturated carbocycles. The van der Waals surface area contributed by atoms with Crippen molar-refractivity contribution in [3.8, 4) is 5.75 Å².